The van der Waals surface area contributed by atoms with Gasteiger partial charge in [0.2, 0.25) is 22.7 Å². The number of benzene rings is 3. The minimum Gasteiger partial charge on any atom is -0.454 e. The molecule has 0 aliphatic carbocycles. The summed E-state index contributed by atoms with van der Waals surface area (Å²) in [6.07, 6.45) is 0. The van der Waals surface area contributed by atoms with Crippen LogP contribution in [0.25, 0.3) is 0 Å². The van der Waals surface area contributed by atoms with Gasteiger partial charge in [0.15, 0.2) is 11.5 Å². The molecule has 0 aromatic heterocycles. The van der Waals surface area contributed by atoms with Crippen LogP contribution in [-0.4, -0.2) is 32.0 Å². The molecule has 3 aromatic rings. The molecule has 0 saturated carbocycles. The van der Waals surface area contributed by atoms with Gasteiger partial charge in [0.25, 0.3) is 0 Å². The third-order valence-electron chi connectivity index (χ3n) is 4.97. The fraction of sp³-hybridized carbons (Fsp3) is 0.174. The molecular formula is C23H20BrClN2O5S. The molecule has 0 radical (unpaired) electrons. The smallest absolute Gasteiger partial charge is 0.243 e. The molecule has 1 amide bonds. The topological polar surface area (TPSA) is 84.9 Å². The van der Waals surface area contributed by atoms with E-state index in [1.54, 1.807) is 24.3 Å². The van der Waals surface area contributed by atoms with Gasteiger partial charge in [-0.3, -0.25) is 4.79 Å². The van der Waals surface area contributed by atoms with Crippen LogP contribution in [0.5, 0.6) is 11.5 Å². The van der Waals surface area contributed by atoms with Crippen LogP contribution in [-0.2, 0) is 27.9 Å². The summed E-state index contributed by atoms with van der Waals surface area (Å²) < 4.78 is 39.3. The van der Waals surface area contributed by atoms with E-state index in [1.165, 1.54) is 24.3 Å². The van der Waals surface area contributed by atoms with Crippen LogP contribution in [0, 0.1) is 0 Å². The number of halogens is 2. The fourth-order valence-electron chi connectivity index (χ4n) is 3.24. The Bertz CT molecular complexity index is 1250. The van der Waals surface area contributed by atoms with Crippen molar-refractivity contribution in [2.45, 2.75) is 18.0 Å². The second-order valence-corrected chi connectivity index (χ2v) is 10.6. The molecule has 0 atom stereocenters. The first kappa shape index (κ1) is 23.6. The standard InChI is InChI=1S/C23H20BrClN2O5S/c24-18-4-1-16(2-5-18)13-27(33(29,30)20-8-6-19(25)7-9-20)14-23(28)26-12-17-3-10-21-22(11-17)32-15-31-21/h1-11H,12-15H2,(H,26,28). The molecule has 0 saturated heterocycles. The number of ether oxygens (including phenoxy) is 2. The number of hydrogen-bond donors (Lipinski definition) is 1. The van der Waals surface area contributed by atoms with E-state index in [1.807, 2.05) is 18.2 Å². The molecule has 3 aromatic carbocycles. The number of nitrogens with one attached hydrogen (secondary N) is 1. The van der Waals surface area contributed by atoms with E-state index in [0.29, 0.717) is 16.5 Å². The third-order valence-corrected chi connectivity index (χ3v) is 7.56. The molecule has 1 aliphatic heterocycles. The highest BCUT2D eigenvalue weighted by Crippen LogP contribution is 2.32. The monoisotopic (exact) mass is 550 g/mol. The predicted molar refractivity (Wildman–Crippen MR) is 128 cm³/mol. The lowest BCUT2D eigenvalue weighted by Gasteiger charge is -2.22. The van der Waals surface area contributed by atoms with Gasteiger partial charge in [-0.05, 0) is 59.7 Å². The summed E-state index contributed by atoms with van der Waals surface area (Å²) >= 11 is 9.28. The number of rotatable bonds is 8. The Morgan fingerprint density at radius 3 is 2.36 bits per heavy atom. The zero-order valence-electron chi connectivity index (χ0n) is 17.3. The van der Waals surface area contributed by atoms with Crippen molar-refractivity contribution in [1.29, 1.82) is 0 Å². The summed E-state index contributed by atoms with van der Waals surface area (Å²) in [6.45, 7) is 0.0859. The van der Waals surface area contributed by atoms with E-state index < -0.39 is 15.9 Å². The third kappa shape index (κ3) is 5.86. The van der Waals surface area contributed by atoms with Crippen LogP contribution >= 0.6 is 27.5 Å². The number of carbonyl (C=O) groups excluding carboxylic acids is 1. The summed E-state index contributed by atoms with van der Waals surface area (Å²) in [6, 6.07) is 18.5. The van der Waals surface area contributed by atoms with E-state index in [2.05, 4.69) is 21.2 Å². The van der Waals surface area contributed by atoms with Gasteiger partial charge in [0.1, 0.15) is 0 Å². The van der Waals surface area contributed by atoms with Crippen molar-refractivity contribution in [3.8, 4) is 11.5 Å². The summed E-state index contributed by atoms with van der Waals surface area (Å²) in [7, 11) is -3.95. The van der Waals surface area contributed by atoms with E-state index in [0.717, 1.165) is 19.9 Å². The maximum atomic E-state index is 13.3. The molecule has 0 bridgehead atoms. The van der Waals surface area contributed by atoms with Crippen LogP contribution in [0.4, 0.5) is 0 Å². The Morgan fingerprint density at radius 1 is 0.970 bits per heavy atom. The van der Waals surface area contributed by atoms with Crippen molar-refractivity contribution in [3.05, 3.63) is 87.4 Å². The van der Waals surface area contributed by atoms with Crippen LogP contribution in [0.3, 0.4) is 0 Å². The normalized spacial score (nSPS) is 12.7. The number of nitrogens with zero attached hydrogens (tertiary/aromatic N) is 1. The number of amides is 1. The Balaban J connectivity index is 1.50. The minimum atomic E-state index is -3.95. The summed E-state index contributed by atoms with van der Waals surface area (Å²) in [5, 5.41) is 3.20. The average molecular weight is 552 g/mol. The van der Waals surface area contributed by atoms with Crippen molar-refractivity contribution in [3.63, 3.8) is 0 Å². The molecule has 4 rings (SSSR count). The van der Waals surface area contributed by atoms with E-state index in [-0.39, 0.29) is 31.3 Å². The Hall–Kier alpha value is -2.59. The Kier molecular flexibility index (Phi) is 7.23. The summed E-state index contributed by atoms with van der Waals surface area (Å²) in [5.74, 6) is 0.839. The first-order valence-corrected chi connectivity index (χ1v) is 12.6. The summed E-state index contributed by atoms with van der Waals surface area (Å²) in [4.78, 5) is 12.8. The maximum Gasteiger partial charge on any atom is 0.243 e. The van der Waals surface area contributed by atoms with Crippen LogP contribution < -0.4 is 14.8 Å². The lowest BCUT2D eigenvalue weighted by Crippen LogP contribution is -2.40. The number of hydrogen-bond acceptors (Lipinski definition) is 5. The largest absolute Gasteiger partial charge is 0.454 e. The number of sulfonamides is 1. The first-order chi connectivity index (χ1) is 15.8. The molecule has 1 aliphatic rings. The van der Waals surface area contributed by atoms with E-state index in [4.69, 9.17) is 21.1 Å². The maximum absolute atomic E-state index is 13.3. The van der Waals surface area contributed by atoms with Crippen molar-refractivity contribution in [2.75, 3.05) is 13.3 Å². The fourth-order valence-corrected chi connectivity index (χ4v) is 5.02. The average Bonchev–Trinajstić information content (AvgIpc) is 3.27. The van der Waals surface area contributed by atoms with Crippen molar-refractivity contribution in [1.82, 2.24) is 9.62 Å². The lowest BCUT2D eigenvalue weighted by molar-refractivity contribution is -0.121. The van der Waals surface area contributed by atoms with E-state index >= 15 is 0 Å². The van der Waals surface area contributed by atoms with Gasteiger partial charge < -0.3 is 14.8 Å². The van der Waals surface area contributed by atoms with Gasteiger partial charge in [-0.1, -0.05) is 45.7 Å². The van der Waals surface area contributed by atoms with Gasteiger partial charge in [-0.15, -0.1) is 0 Å². The highest BCUT2D eigenvalue weighted by Gasteiger charge is 2.27. The van der Waals surface area contributed by atoms with Crippen LogP contribution in [0.2, 0.25) is 5.02 Å². The second kappa shape index (κ2) is 10.1. The molecule has 33 heavy (non-hydrogen) atoms. The van der Waals surface area contributed by atoms with Gasteiger partial charge >= 0.3 is 0 Å². The van der Waals surface area contributed by atoms with Crippen LogP contribution in [0.1, 0.15) is 11.1 Å². The molecule has 0 unspecified atom stereocenters. The molecule has 0 fully saturated rings. The van der Waals surface area contributed by atoms with Crippen molar-refractivity contribution in [2.24, 2.45) is 0 Å². The molecule has 7 nitrogen and oxygen atoms in total. The molecule has 172 valence electrons. The summed E-state index contributed by atoms with van der Waals surface area (Å²) in [5.41, 5.74) is 1.56. The quantitative estimate of drug-likeness (QED) is 0.450. The molecule has 0 spiro atoms. The minimum absolute atomic E-state index is 0.0374. The zero-order chi connectivity index (χ0) is 23.4. The lowest BCUT2D eigenvalue weighted by atomic mass is 10.2. The van der Waals surface area contributed by atoms with Gasteiger partial charge in [-0.25, -0.2) is 8.42 Å². The van der Waals surface area contributed by atoms with Gasteiger partial charge in [0, 0.05) is 22.6 Å². The predicted octanol–water partition coefficient (Wildman–Crippen LogP) is 4.34. The van der Waals surface area contributed by atoms with Crippen LogP contribution in [0.15, 0.2) is 76.1 Å². The first-order valence-electron chi connectivity index (χ1n) is 9.97. The molecule has 10 heteroatoms. The SMILES string of the molecule is O=C(CN(Cc1ccc(Br)cc1)S(=O)(=O)c1ccc(Cl)cc1)NCc1ccc2c(c1)OCO2. The highest BCUT2D eigenvalue weighted by molar-refractivity contribution is 9.10. The zero-order valence-corrected chi connectivity index (χ0v) is 20.5. The molecule has 1 N–H and O–H groups in total. The molecule has 1 heterocycles. The van der Waals surface area contributed by atoms with Crippen molar-refractivity contribution >= 4 is 43.5 Å². The van der Waals surface area contributed by atoms with Crippen molar-refractivity contribution < 1.29 is 22.7 Å². The Labute approximate surface area is 205 Å². The number of fused-ring (bicyclic) bond motifs is 1. The molecular weight excluding hydrogens is 532 g/mol. The highest BCUT2D eigenvalue weighted by atomic mass is 79.9. The van der Waals surface area contributed by atoms with Gasteiger partial charge in [-0.2, -0.15) is 4.31 Å². The van der Waals surface area contributed by atoms with E-state index in [9.17, 15) is 13.2 Å². The Morgan fingerprint density at radius 2 is 1.64 bits per heavy atom. The van der Waals surface area contributed by atoms with Gasteiger partial charge in [0.05, 0.1) is 11.4 Å². The second-order valence-electron chi connectivity index (χ2n) is 7.32. The number of carbonyl (C=O) groups is 1.